The molecule has 3 aromatic rings. The summed E-state index contributed by atoms with van der Waals surface area (Å²) in [5.41, 5.74) is 8.20. The molecule has 1 atom stereocenters. The molecule has 3 rings (SSSR count). The number of carboxylic acid groups (broad SMARTS) is 1. The number of aliphatic carboxylic acids is 1. The van der Waals surface area contributed by atoms with Crippen molar-refractivity contribution >= 4 is 11.9 Å². The van der Waals surface area contributed by atoms with Crippen LogP contribution in [-0.4, -0.2) is 34.6 Å². The van der Waals surface area contributed by atoms with Crippen molar-refractivity contribution in [1.82, 2.24) is 10.3 Å². The van der Waals surface area contributed by atoms with Gasteiger partial charge in [-0.25, -0.2) is 13.6 Å². The minimum absolute atomic E-state index is 0.0535. The number of hydrogen-bond donors (Lipinski definition) is 3. The fourth-order valence-electron chi connectivity index (χ4n) is 3.56. The number of amides is 1. The molecule has 1 aromatic heterocycles. The maximum atomic E-state index is 14.6. The second-order valence-corrected chi connectivity index (χ2v) is 8.75. The minimum atomic E-state index is -1.39. The van der Waals surface area contributed by atoms with Gasteiger partial charge in [0.1, 0.15) is 5.75 Å². The van der Waals surface area contributed by atoms with E-state index in [2.05, 4.69) is 10.3 Å². The third-order valence-corrected chi connectivity index (χ3v) is 5.30. The van der Waals surface area contributed by atoms with Gasteiger partial charge in [-0.05, 0) is 60.2 Å². The molecule has 0 saturated carbocycles. The Labute approximate surface area is 213 Å². The summed E-state index contributed by atoms with van der Waals surface area (Å²) in [6.45, 7) is 6.04. The largest absolute Gasteiger partial charge is 0.479 e. The Bertz CT molecular complexity index is 1280. The Morgan fingerprint density at radius 1 is 1.05 bits per heavy atom. The van der Waals surface area contributed by atoms with Crippen LogP contribution in [0, 0.1) is 17.6 Å². The molecule has 0 aliphatic heterocycles. The number of aromatic nitrogens is 1. The van der Waals surface area contributed by atoms with Crippen molar-refractivity contribution in [3.63, 3.8) is 0 Å². The van der Waals surface area contributed by atoms with Crippen molar-refractivity contribution in [2.24, 2.45) is 11.7 Å². The Morgan fingerprint density at radius 2 is 1.78 bits per heavy atom. The quantitative estimate of drug-likeness (QED) is 0.333. The van der Waals surface area contributed by atoms with Crippen LogP contribution in [0.2, 0.25) is 0 Å². The number of nitrogens with one attached hydrogen (secondary N) is 1. The van der Waals surface area contributed by atoms with Crippen LogP contribution in [0.15, 0.2) is 48.5 Å². The van der Waals surface area contributed by atoms with E-state index < -0.39 is 35.5 Å². The number of pyridine rings is 1. The van der Waals surface area contributed by atoms with Gasteiger partial charge in [-0.15, -0.1) is 0 Å². The number of ether oxygens (including phenoxy) is 2. The predicted octanol–water partition coefficient (Wildman–Crippen LogP) is 4.91. The highest BCUT2D eigenvalue weighted by molar-refractivity contribution is 5.96. The average molecular weight is 514 g/mol. The maximum Gasteiger partial charge on any atom is 0.344 e. The lowest BCUT2D eigenvalue weighted by atomic mass is 10.00. The molecule has 0 aliphatic carbocycles. The van der Waals surface area contributed by atoms with Gasteiger partial charge in [0.2, 0.25) is 0 Å². The van der Waals surface area contributed by atoms with Gasteiger partial charge in [-0.3, -0.25) is 4.79 Å². The molecule has 0 aliphatic rings. The first-order chi connectivity index (χ1) is 17.6. The van der Waals surface area contributed by atoms with Crippen LogP contribution in [0.25, 0.3) is 11.1 Å². The Balaban J connectivity index is 2.02. The molecule has 1 amide bonds. The molecular weight excluding hydrogens is 484 g/mol. The number of hydrogen-bond acceptors (Lipinski definition) is 6. The molecule has 0 bridgehead atoms. The number of carbonyl (C=O) groups excluding carboxylic acids is 1. The Hall–Kier alpha value is -4.05. The normalized spacial score (nSPS) is 11.8. The zero-order chi connectivity index (χ0) is 27.1. The number of carbonyl (C=O) groups is 2. The molecule has 0 spiro atoms. The van der Waals surface area contributed by atoms with Crippen molar-refractivity contribution in [2.75, 3.05) is 6.54 Å². The van der Waals surface area contributed by atoms with Gasteiger partial charge in [-0.1, -0.05) is 32.0 Å². The highest BCUT2D eigenvalue weighted by Crippen LogP contribution is 2.32. The lowest BCUT2D eigenvalue weighted by Crippen LogP contribution is -2.29. The number of nitrogens with zero attached hydrogens (tertiary/aromatic N) is 1. The van der Waals surface area contributed by atoms with Gasteiger partial charge in [0.25, 0.3) is 17.7 Å². The molecule has 0 fully saturated rings. The minimum Gasteiger partial charge on any atom is -0.479 e. The van der Waals surface area contributed by atoms with E-state index in [0.29, 0.717) is 24.7 Å². The van der Waals surface area contributed by atoms with E-state index in [9.17, 15) is 23.5 Å². The third-order valence-electron chi connectivity index (χ3n) is 5.30. The Kier molecular flexibility index (Phi) is 9.13. The summed E-state index contributed by atoms with van der Waals surface area (Å²) < 4.78 is 39.9. The molecule has 4 N–H and O–H groups in total. The standard InChI is InChI=1S/C27H29F2N3O5/c1-4-31-24(33)19-10-18(17-7-5-6-16(9-17)14-30)11-20(12-19)36-25-21(28)13-22(29)26(32-25)37-23(27(34)35)8-15(2)3/h5-7,9-13,15,23H,4,8,14,30H2,1-3H3,(H,31,33)(H,34,35)/t23-/m1/s1. The summed E-state index contributed by atoms with van der Waals surface area (Å²) in [6.07, 6.45) is -1.30. The first-order valence-corrected chi connectivity index (χ1v) is 11.8. The predicted molar refractivity (Wildman–Crippen MR) is 134 cm³/mol. The molecule has 196 valence electrons. The molecule has 37 heavy (non-hydrogen) atoms. The molecular formula is C27H29F2N3O5. The van der Waals surface area contributed by atoms with Crippen molar-refractivity contribution < 1.29 is 33.0 Å². The zero-order valence-electron chi connectivity index (χ0n) is 20.8. The number of nitrogens with two attached hydrogens (primary N) is 1. The number of benzene rings is 2. The lowest BCUT2D eigenvalue weighted by Gasteiger charge is -2.17. The third kappa shape index (κ3) is 7.23. The summed E-state index contributed by atoms with van der Waals surface area (Å²) in [6, 6.07) is 12.5. The van der Waals surface area contributed by atoms with E-state index in [1.54, 1.807) is 32.9 Å². The highest BCUT2D eigenvalue weighted by atomic mass is 19.1. The lowest BCUT2D eigenvalue weighted by molar-refractivity contribution is -0.146. The Morgan fingerprint density at radius 3 is 2.43 bits per heavy atom. The molecule has 8 nitrogen and oxygen atoms in total. The zero-order valence-corrected chi connectivity index (χ0v) is 20.8. The van der Waals surface area contributed by atoms with E-state index in [0.717, 1.165) is 11.1 Å². The molecule has 2 aromatic carbocycles. The maximum absolute atomic E-state index is 14.6. The van der Waals surface area contributed by atoms with Crippen molar-refractivity contribution in [3.8, 4) is 28.6 Å². The highest BCUT2D eigenvalue weighted by Gasteiger charge is 2.25. The summed E-state index contributed by atoms with van der Waals surface area (Å²) in [7, 11) is 0. The van der Waals surface area contributed by atoms with Crippen LogP contribution in [0.1, 0.15) is 43.1 Å². The summed E-state index contributed by atoms with van der Waals surface area (Å²) in [5.74, 6) is -5.34. The SMILES string of the molecule is CCNC(=O)c1cc(Oc2nc(O[C@H](CC(C)C)C(=O)O)c(F)cc2F)cc(-c2cccc(CN)c2)c1. The van der Waals surface area contributed by atoms with Crippen LogP contribution < -0.4 is 20.5 Å². The topological polar surface area (TPSA) is 124 Å². The van der Waals surface area contributed by atoms with E-state index in [1.165, 1.54) is 6.07 Å². The van der Waals surface area contributed by atoms with E-state index in [1.807, 2.05) is 24.3 Å². The van der Waals surface area contributed by atoms with Gasteiger partial charge in [0.15, 0.2) is 17.7 Å². The van der Waals surface area contributed by atoms with Crippen molar-refractivity contribution in [2.45, 2.75) is 39.8 Å². The number of carboxylic acids is 1. The smallest absolute Gasteiger partial charge is 0.344 e. The average Bonchev–Trinajstić information content (AvgIpc) is 2.86. The van der Waals surface area contributed by atoms with Gasteiger partial charge in [0, 0.05) is 24.7 Å². The van der Waals surface area contributed by atoms with Gasteiger partial charge >= 0.3 is 5.97 Å². The molecule has 10 heteroatoms. The first-order valence-electron chi connectivity index (χ1n) is 11.8. The van der Waals surface area contributed by atoms with Crippen LogP contribution in [0.4, 0.5) is 8.78 Å². The van der Waals surface area contributed by atoms with Crippen LogP contribution >= 0.6 is 0 Å². The molecule has 0 unspecified atom stereocenters. The monoisotopic (exact) mass is 513 g/mol. The van der Waals surface area contributed by atoms with Crippen LogP contribution in [0.3, 0.4) is 0 Å². The van der Waals surface area contributed by atoms with E-state index >= 15 is 0 Å². The van der Waals surface area contributed by atoms with Gasteiger partial charge in [0.05, 0.1) is 0 Å². The van der Waals surface area contributed by atoms with E-state index in [-0.39, 0.29) is 29.6 Å². The number of halogens is 2. The summed E-state index contributed by atoms with van der Waals surface area (Å²) >= 11 is 0. The second-order valence-electron chi connectivity index (χ2n) is 8.75. The summed E-state index contributed by atoms with van der Waals surface area (Å²) in [4.78, 5) is 27.9. The summed E-state index contributed by atoms with van der Waals surface area (Å²) in [5, 5.41) is 12.1. The molecule has 0 radical (unpaired) electrons. The fraction of sp³-hybridized carbons (Fsp3) is 0.296. The van der Waals surface area contributed by atoms with Crippen LogP contribution in [-0.2, 0) is 11.3 Å². The first kappa shape index (κ1) is 27.5. The van der Waals surface area contributed by atoms with Gasteiger partial charge in [-0.2, -0.15) is 4.98 Å². The fourth-order valence-corrected chi connectivity index (χ4v) is 3.56. The molecule has 1 heterocycles. The van der Waals surface area contributed by atoms with Gasteiger partial charge < -0.3 is 25.6 Å². The number of rotatable bonds is 11. The molecule has 0 saturated heterocycles. The van der Waals surface area contributed by atoms with E-state index in [4.69, 9.17) is 15.2 Å². The van der Waals surface area contributed by atoms with Crippen molar-refractivity contribution in [3.05, 3.63) is 71.3 Å². The van der Waals surface area contributed by atoms with Crippen molar-refractivity contribution in [1.29, 1.82) is 0 Å². The van der Waals surface area contributed by atoms with Crippen LogP contribution in [0.5, 0.6) is 17.5 Å². The second kappa shape index (κ2) is 12.3.